The van der Waals surface area contributed by atoms with Gasteiger partial charge in [0.15, 0.2) is 0 Å². The lowest BCUT2D eigenvalue weighted by molar-refractivity contribution is -0.903. The van der Waals surface area contributed by atoms with Crippen molar-refractivity contribution in [3.63, 3.8) is 0 Å². The Labute approximate surface area is 120 Å². The number of unbranched alkanes of at least 4 members (excludes halogenated alkanes) is 6. The maximum atomic E-state index is 2.35. The zero-order valence-electron chi connectivity index (χ0n) is 13.2. The van der Waals surface area contributed by atoms with Gasteiger partial charge in [-0.15, -0.1) is 0 Å². The first-order valence-electron chi connectivity index (χ1n) is 8.00. The molecular formula is C18H32N+. The van der Waals surface area contributed by atoms with E-state index in [9.17, 15) is 0 Å². The minimum absolute atomic E-state index is 1.11. The molecule has 0 radical (unpaired) electrons. The largest absolute Gasteiger partial charge is 0.325 e. The first-order chi connectivity index (χ1) is 9.14. The molecule has 0 saturated heterocycles. The van der Waals surface area contributed by atoms with E-state index in [2.05, 4.69) is 51.4 Å². The van der Waals surface area contributed by atoms with Crippen LogP contribution in [0, 0.1) is 0 Å². The molecule has 19 heavy (non-hydrogen) atoms. The third kappa shape index (κ3) is 8.05. The molecule has 0 aliphatic carbocycles. The molecule has 0 spiro atoms. The highest BCUT2D eigenvalue weighted by Gasteiger charge is 2.14. The summed E-state index contributed by atoms with van der Waals surface area (Å²) in [6.45, 7) is 4.73. The zero-order valence-corrected chi connectivity index (χ0v) is 13.2. The monoisotopic (exact) mass is 262 g/mol. The second-order valence-corrected chi connectivity index (χ2v) is 6.42. The summed E-state index contributed by atoms with van der Waals surface area (Å²) in [5, 5.41) is 0. The van der Waals surface area contributed by atoms with Crippen LogP contribution in [0.25, 0.3) is 0 Å². The average molecular weight is 262 g/mol. The second kappa shape index (κ2) is 9.14. The molecule has 1 nitrogen and oxygen atoms in total. The molecule has 0 atom stereocenters. The topological polar surface area (TPSA) is 0 Å². The van der Waals surface area contributed by atoms with Crippen LogP contribution in [-0.4, -0.2) is 25.1 Å². The average Bonchev–Trinajstić information content (AvgIpc) is 2.38. The fourth-order valence-corrected chi connectivity index (χ4v) is 2.65. The third-order valence-corrected chi connectivity index (χ3v) is 3.82. The van der Waals surface area contributed by atoms with Crippen molar-refractivity contribution in [2.75, 3.05) is 20.6 Å². The first-order valence-corrected chi connectivity index (χ1v) is 8.00. The van der Waals surface area contributed by atoms with Crippen LogP contribution in [0.4, 0.5) is 0 Å². The van der Waals surface area contributed by atoms with Crippen molar-refractivity contribution in [1.82, 2.24) is 0 Å². The lowest BCUT2D eigenvalue weighted by atomic mass is 10.1. The van der Waals surface area contributed by atoms with Crippen molar-refractivity contribution >= 4 is 0 Å². The lowest BCUT2D eigenvalue weighted by Gasteiger charge is -2.30. The van der Waals surface area contributed by atoms with Gasteiger partial charge in [-0.2, -0.15) is 0 Å². The summed E-state index contributed by atoms with van der Waals surface area (Å²) in [6.07, 6.45) is 9.81. The number of benzene rings is 1. The van der Waals surface area contributed by atoms with Crippen molar-refractivity contribution in [2.45, 2.75) is 58.4 Å². The van der Waals surface area contributed by atoms with Crippen LogP contribution >= 0.6 is 0 Å². The molecule has 1 rings (SSSR count). The molecule has 108 valence electrons. The minimum Gasteiger partial charge on any atom is -0.325 e. The van der Waals surface area contributed by atoms with Gasteiger partial charge >= 0.3 is 0 Å². The van der Waals surface area contributed by atoms with Crippen LogP contribution in [0.5, 0.6) is 0 Å². The molecule has 1 aromatic rings. The van der Waals surface area contributed by atoms with Gasteiger partial charge in [-0.25, -0.2) is 0 Å². The molecule has 0 amide bonds. The minimum atomic E-state index is 1.11. The van der Waals surface area contributed by atoms with Crippen LogP contribution in [0.2, 0.25) is 0 Å². The van der Waals surface area contributed by atoms with E-state index >= 15 is 0 Å². The van der Waals surface area contributed by atoms with Crippen LogP contribution in [0.15, 0.2) is 30.3 Å². The van der Waals surface area contributed by atoms with E-state index in [0.717, 1.165) is 11.0 Å². The summed E-state index contributed by atoms with van der Waals surface area (Å²) < 4.78 is 1.11. The van der Waals surface area contributed by atoms with Gasteiger partial charge in [-0.1, -0.05) is 69.4 Å². The Hall–Kier alpha value is -0.820. The maximum Gasteiger partial charge on any atom is 0.104 e. The smallest absolute Gasteiger partial charge is 0.104 e. The number of nitrogens with zero attached hydrogens (tertiary/aromatic N) is 1. The van der Waals surface area contributed by atoms with Crippen LogP contribution in [-0.2, 0) is 6.54 Å². The number of hydrogen-bond donors (Lipinski definition) is 0. The predicted octanol–water partition coefficient (Wildman–Crippen LogP) is 5.01. The van der Waals surface area contributed by atoms with Crippen LogP contribution < -0.4 is 0 Å². The molecule has 0 N–H and O–H groups in total. The van der Waals surface area contributed by atoms with Gasteiger partial charge in [0.05, 0.1) is 20.6 Å². The Kier molecular flexibility index (Phi) is 7.81. The Balaban J connectivity index is 2.13. The van der Waals surface area contributed by atoms with Gasteiger partial charge in [-0.05, 0) is 12.8 Å². The van der Waals surface area contributed by atoms with Gasteiger partial charge in [0.1, 0.15) is 6.54 Å². The van der Waals surface area contributed by atoms with E-state index in [1.165, 1.54) is 57.1 Å². The summed E-state index contributed by atoms with van der Waals surface area (Å²) in [4.78, 5) is 0. The maximum absolute atomic E-state index is 2.35. The highest BCUT2D eigenvalue weighted by molar-refractivity contribution is 5.13. The van der Waals surface area contributed by atoms with Crippen molar-refractivity contribution in [1.29, 1.82) is 0 Å². The fourth-order valence-electron chi connectivity index (χ4n) is 2.65. The molecular weight excluding hydrogens is 230 g/mol. The normalized spacial score (nSPS) is 11.7. The second-order valence-electron chi connectivity index (χ2n) is 6.42. The van der Waals surface area contributed by atoms with E-state index in [1.54, 1.807) is 0 Å². The molecule has 1 aromatic carbocycles. The van der Waals surface area contributed by atoms with Crippen molar-refractivity contribution < 1.29 is 4.48 Å². The molecule has 0 fully saturated rings. The molecule has 1 heteroatoms. The Morgan fingerprint density at radius 1 is 0.789 bits per heavy atom. The molecule has 0 aliphatic heterocycles. The molecule has 0 heterocycles. The van der Waals surface area contributed by atoms with Gasteiger partial charge < -0.3 is 4.48 Å². The Morgan fingerprint density at radius 3 is 2.00 bits per heavy atom. The molecule has 0 bridgehead atoms. The summed E-state index contributed by atoms with van der Waals surface area (Å²) >= 11 is 0. The molecule has 0 unspecified atom stereocenters. The zero-order chi connectivity index (χ0) is 14.0. The van der Waals surface area contributed by atoms with Crippen molar-refractivity contribution in [2.24, 2.45) is 0 Å². The summed E-state index contributed by atoms with van der Waals surface area (Å²) in [5.41, 5.74) is 1.45. The van der Waals surface area contributed by atoms with Crippen LogP contribution in [0.1, 0.15) is 57.4 Å². The van der Waals surface area contributed by atoms with E-state index in [-0.39, 0.29) is 0 Å². The fraction of sp³-hybridized carbons (Fsp3) is 0.667. The van der Waals surface area contributed by atoms with Gasteiger partial charge in [0, 0.05) is 5.56 Å². The van der Waals surface area contributed by atoms with Gasteiger partial charge in [-0.3, -0.25) is 0 Å². The van der Waals surface area contributed by atoms with Crippen molar-refractivity contribution in [3.05, 3.63) is 35.9 Å². The standard InChI is InChI=1S/C18H32N/c1-4-5-6-7-8-9-13-16-19(2,3)17-18-14-11-10-12-15-18/h10-12,14-15H,4-9,13,16-17H2,1-3H3/q+1. The lowest BCUT2D eigenvalue weighted by Crippen LogP contribution is -2.39. The number of hydrogen-bond acceptors (Lipinski definition) is 0. The van der Waals surface area contributed by atoms with E-state index in [1.807, 2.05) is 0 Å². The SMILES string of the molecule is CCCCCCCCC[N+](C)(C)Cc1ccccc1. The van der Waals surface area contributed by atoms with E-state index in [4.69, 9.17) is 0 Å². The molecule has 0 aliphatic rings. The number of quaternary nitrogens is 1. The van der Waals surface area contributed by atoms with Gasteiger partial charge in [0.2, 0.25) is 0 Å². The van der Waals surface area contributed by atoms with E-state index < -0.39 is 0 Å². The molecule has 0 aromatic heterocycles. The quantitative estimate of drug-likeness (QED) is 0.410. The number of rotatable bonds is 10. The molecule has 0 saturated carbocycles. The first kappa shape index (κ1) is 16.2. The summed E-state index contributed by atoms with van der Waals surface area (Å²) in [6, 6.07) is 10.9. The Morgan fingerprint density at radius 2 is 1.37 bits per heavy atom. The summed E-state index contributed by atoms with van der Waals surface area (Å²) in [5.74, 6) is 0. The highest BCUT2D eigenvalue weighted by atomic mass is 15.3. The highest BCUT2D eigenvalue weighted by Crippen LogP contribution is 2.12. The van der Waals surface area contributed by atoms with Crippen molar-refractivity contribution in [3.8, 4) is 0 Å². The third-order valence-electron chi connectivity index (χ3n) is 3.82. The summed E-state index contributed by atoms with van der Waals surface area (Å²) in [7, 11) is 4.70. The van der Waals surface area contributed by atoms with Gasteiger partial charge in [0.25, 0.3) is 0 Å². The van der Waals surface area contributed by atoms with E-state index in [0.29, 0.717) is 0 Å². The van der Waals surface area contributed by atoms with Crippen LogP contribution in [0.3, 0.4) is 0 Å². The predicted molar refractivity (Wildman–Crippen MR) is 85.1 cm³/mol. The Bertz CT molecular complexity index is 316.